The molecule has 1 saturated carbocycles. The summed E-state index contributed by atoms with van der Waals surface area (Å²) in [6.45, 7) is 45.1. The molecule has 4 aliphatic rings. The second kappa shape index (κ2) is 20.7. The van der Waals surface area contributed by atoms with Crippen LogP contribution < -0.4 is 31.1 Å². The number of rotatable bonds is 6. The van der Waals surface area contributed by atoms with Crippen LogP contribution in [-0.2, 0) is 37.9 Å². The number of hydrogen-bond donors (Lipinski definition) is 0. The SMILES string of the molecule is CC(C)(C)c1ccc(C23CCCCC2(C)N(c2cc4c5c(c2)N(c2ccc(C(C)(C)C)cc2-c2ccccc2)c2ccc(C(C)(C)C)cc2B5c2cc(C(C)(C)C)ccc2N4c2ccc(C(C)(C)C)cc2-c2ccccc2)c2ccc(C(C)(C)C)cc23)cc1. The van der Waals surface area contributed by atoms with Gasteiger partial charge in [-0.25, -0.2) is 0 Å². The quantitative estimate of drug-likeness (QED) is 0.154. The summed E-state index contributed by atoms with van der Waals surface area (Å²) < 4.78 is 0. The maximum Gasteiger partial charge on any atom is 0.252 e. The largest absolute Gasteiger partial charge is 0.334 e. The summed E-state index contributed by atoms with van der Waals surface area (Å²) >= 11 is 0. The predicted molar refractivity (Wildman–Crippen MR) is 386 cm³/mol. The Morgan fingerprint density at radius 2 is 0.697 bits per heavy atom. The molecule has 2 unspecified atom stereocenters. The fourth-order valence-electron chi connectivity index (χ4n) is 15.8. The van der Waals surface area contributed by atoms with Crippen molar-refractivity contribution in [2.75, 3.05) is 14.7 Å². The van der Waals surface area contributed by atoms with Crippen LogP contribution in [-0.4, -0.2) is 12.3 Å². The van der Waals surface area contributed by atoms with E-state index in [9.17, 15) is 0 Å². The van der Waals surface area contributed by atoms with Gasteiger partial charge >= 0.3 is 0 Å². The molecular weight excluding hydrogens is 1070 g/mol. The van der Waals surface area contributed by atoms with E-state index in [1.807, 2.05) is 0 Å². The second-order valence-corrected chi connectivity index (χ2v) is 33.3. The van der Waals surface area contributed by atoms with E-state index in [4.69, 9.17) is 0 Å². The molecule has 0 bridgehead atoms. The summed E-state index contributed by atoms with van der Waals surface area (Å²) in [5, 5.41) is 0. The molecule has 9 aromatic carbocycles. The minimum absolute atomic E-state index is 0.0337. The van der Waals surface area contributed by atoms with Crippen LogP contribution in [0.5, 0.6) is 0 Å². The molecule has 0 aromatic heterocycles. The van der Waals surface area contributed by atoms with Gasteiger partial charge in [-0.1, -0.05) is 271 Å². The highest BCUT2D eigenvalue weighted by atomic mass is 15.3. The summed E-state index contributed by atoms with van der Waals surface area (Å²) in [5.74, 6) is 0. The van der Waals surface area contributed by atoms with Gasteiger partial charge in [0.1, 0.15) is 0 Å². The van der Waals surface area contributed by atoms with E-state index < -0.39 is 0 Å². The molecule has 3 nitrogen and oxygen atoms in total. The highest BCUT2D eigenvalue weighted by Crippen LogP contribution is 2.65. The van der Waals surface area contributed by atoms with Crippen LogP contribution in [0.15, 0.2) is 188 Å². The molecule has 3 heterocycles. The number of anilines is 8. The van der Waals surface area contributed by atoms with Crippen molar-refractivity contribution in [1.82, 2.24) is 0 Å². The zero-order chi connectivity index (χ0) is 63.3. The van der Waals surface area contributed by atoms with Gasteiger partial charge in [0.05, 0.1) is 16.9 Å². The molecule has 2 atom stereocenters. The van der Waals surface area contributed by atoms with Crippen molar-refractivity contribution in [2.24, 2.45) is 0 Å². The van der Waals surface area contributed by atoms with Gasteiger partial charge in [-0.15, -0.1) is 0 Å². The Balaban J connectivity index is 1.21. The maximum atomic E-state index is 2.88. The van der Waals surface area contributed by atoms with E-state index in [1.54, 1.807) is 0 Å². The molecule has 4 heteroatoms. The topological polar surface area (TPSA) is 9.72 Å². The van der Waals surface area contributed by atoms with Gasteiger partial charge in [-0.05, 0) is 179 Å². The molecule has 13 rings (SSSR count). The van der Waals surface area contributed by atoms with Crippen molar-refractivity contribution in [3.8, 4) is 22.3 Å². The van der Waals surface area contributed by atoms with E-state index >= 15 is 0 Å². The van der Waals surface area contributed by atoms with Crippen LogP contribution in [0.1, 0.15) is 202 Å². The zero-order valence-corrected chi connectivity index (χ0v) is 57.1. The van der Waals surface area contributed by atoms with Crippen LogP contribution in [0.25, 0.3) is 22.3 Å². The van der Waals surface area contributed by atoms with Gasteiger partial charge in [0.2, 0.25) is 0 Å². The third-order valence-corrected chi connectivity index (χ3v) is 21.1. The molecule has 0 saturated heterocycles. The second-order valence-electron chi connectivity index (χ2n) is 33.3. The number of nitrogens with zero attached hydrogens (tertiary/aromatic N) is 3. The standard InChI is InChI=1S/C85H96BN3/c1-78(2,3)57-32-34-58(35-33-57)85-47-27-26-46-84(85,19)89(72-43-38-61(50-67(72)85)81(10,11)12)64-53-75-77-76(54-64)88(71-42-37-60(80(7,8)9)49-66(71)56-30-24-21-25-31-56)74-45-40-63(83(16,17)18)52-69(74)86(77)68-51-62(82(13,14)15)39-44-73(68)87(75)70-41-36-59(79(4,5)6)48-65(70)55-28-22-20-23-29-55/h20-25,28-45,48-54H,26-27,46-47H2,1-19H3. The first-order valence-corrected chi connectivity index (χ1v) is 33.3. The summed E-state index contributed by atoms with van der Waals surface area (Å²) in [6.07, 6.45) is 4.44. The third kappa shape index (κ3) is 9.91. The first kappa shape index (κ1) is 60.4. The lowest BCUT2D eigenvalue weighted by molar-refractivity contribution is 0.215. The Hall–Kier alpha value is -7.56. The van der Waals surface area contributed by atoms with Crippen molar-refractivity contribution in [3.05, 3.63) is 233 Å². The lowest BCUT2D eigenvalue weighted by Crippen LogP contribution is -2.62. The van der Waals surface area contributed by atoms with Gasteiger partial charge in [0, 0.05) is 50.7 Å². The average molecular weight is 1170 g/mol. The van der Waals surface area contributed by atoms with Crippen LogP contribution in [0, 0.1) is 0 Å². The van der Waals surface area contributed by atoms with Gasteiger partial charge in [0.15, 0.2) is 0 Å². The molecule has 1 fully saturated rings. The van der Waals surface area contributed by atoms with Gasteiger partial charge in [-0.2, -0.15) is 0 Å². The summed E-state index contributed by atoms with van der Waals surface area (Å²) in [5.41, 5.74) is 28.6. The first-order valence-electron chi connectivity index (χ1n) is 33.3. The first-order chi connectivity index (χ1) is 41.8. The average Bonchev–Trinajstić information content (AvgIpc) is 1.64. The smallest absolute Gasteiger partial charge is 0.252 e. The fraction of sp³-hybridized carbons (Fsp3) is 0.365. The predicted octanol–water partition coefficient (Wildman–Crippen LogP) is 21.7. The van der Waals surface area contributed by atoms with Crippen molar-refractivity contribution in [1.29, 1.82) is 0 Å². The third-order valence-electron chi connectivity index (χ3n) is 21.1. The Kier molecular flexibility index (Phi) is 14.1. The number of benzene rings is 9. The molecule has 0 spiro atoms. The highest BCUT2D eigenvalue weighted by molar-refractivity contribution is 7.00. The van der Waals surface area contributed by atoms with Crippen molar-refractivity contribution >= 4 is 68.6 Å². The molecule has 9 aromatic rings. The number of fused-ring (bicyclic) bond motifs is 7. The normalized spacial score (nSPS) is 18.3. The van der Waals surface area contributed by atoms with Crippen molar-refractivity contribution in [3.63, 3.8) is 0 Å². The van der Waals surface area contributed by atoms with Crippen LogP contribution in [0.4, 0.5) is 45.5 Å². The summed E-state index contributed by atoms with van der Waals surface area (Å²) in [6, 6.07) is 75.1. The Bertz CT molecular complexity index is 4030. The zero-order valence-electron chi connectivity index (χ0n) is 57.1. The highest BCUT2D eigenvalue weighted by Gasteiger charge is 2.62. The molecule has 0 amide bonds. The van der Waals surface area contributed by atoms with Gasteiger partial charge in [-0.3, -0.25) is 0 Å². The van der Waals surface area contributed by atoms with E-state index in [0.717, 1.165) is 19.3 Å². The van der Waals surface area contributed by atoms with Crippen molar-refractivity contribution < 1.29 is 0 Å². The molecule has 3 aliphatic heterocycles. The Labute approximate surface area is 535 Å². The fourth-order valence-corrected chi connectivity index (χ4v) is 15.8. The van der Waals surface area contributed by atoms with Crippen LogP contribution in [0.2, 0.25) is 0 Å². The molecular formula is C85H96BN3. The Morgan fingerprint density at radius 3 is 1.11 bits per heavy atom. The van der Waals surface area contributed by atoms with Crippen LogP contribution >= 0.6 is 0 Å². The lowest BCUT2D eigenvalue weighted by atomic mass is 9.33. The molecule has 0 radical (unpaired) electrons. The maximum absolute atomic E-state index is 2.88. The van der Waals surface area contributed by atoms with E-state index in [1.165, 1.54) is 135 Å². The van der Waals surface area contributed by atoms with Gasteiger partial charge < -0.3 is 14.7 Å². The number of hydrogen-bond acceptors (Lipinski definition) is 3. The van der Waals surface area contributed by atoms with Crippen molar-refractivity contribution in [2.45, 2.75) is 201 Å². The molecule has 454 valence electrons. The summed E-state index contributed by atoms with van der Waals surface area (Å²) in [4.78, 5) is 8.31. The summed E-state index contributed by atoms with van der Waals surface area (Å²) in [7, 11) is 0. The minimum Gasteiger partial charge on any atom is -0.334 e. The van der Waals surface area contributed by atoms with E-state index in [-0.39, 0.29) is 50.2 Å². The monoisotopic (exact) mass is 1170 g/mol. The Morgan fingerprint density at radius 1 is 0.337 bits per heavy atom. The minimum atomic E-state index is -0.348. The molecule has 89 heavy (non-hydrogen) atoms. The van der Waals surface area contributed by atoms with E-state index in [0.29, 0.717) is 0 Å². The van der Waals surface area contributed by atoms with Gasteiger partial charge in [0.25, 0.3) is 6.71 Å². The van der Waals surface area contributed by atoms with Crippen LogP contribution in [0.3, 0.4) is 0 Å². The molecule has 1 aliphatic carbocycles. The lowest BCUT2D eigenvalue weighted by Gasteiger charge is -2.53. The molecule has 0 N–H and O–H groups in total. The van der Waals surface area contributed by atoms with E-state index in [2.05, 4.69) is 334 Å².